The molecule has 1 heterocycles. The predicted molar refractivity (Wildman–Crippen MR) is 120 cm³/mol. The summed E-state index contributed by atoms with van der Waals surface area (Å²) in [7, 11) is 5.64. The number of para-hydroxylation sites is 1. The highest BCUT2D eigenvalue weighted by molar-refractivity contribution is 7.22. The van der Waals surface area contributed by atoms with Gasteiger partial charge in [0.25, 0.3) is 5.91 Å². The normalized spacial score (nSPS) is 11.3. The largest absolute Gasteiger partial charge is 0.494 e. The molecule has 0 spiro atoms. The monoisotopic (exact) mass is 405 g/mol. The van der Waals surface area contributed by atoms with E-state index in [0.717, 1.165) is 33.3 Å². The minimum absolute atomic E-state index is 0.0401. The first kappa shape index (κ1) is 19.4. The van der Waals surface area contributed by atoms with Crippen molar-refractivity contribution in [3.63, 3.8) is 0 Å². The van der Waals surface area contributed by atoms with Crippen molar-refractivity contribution in [1.82, 2.24) is 9.88 Å². The van der Waals surface area contributed by atoms with Crippen LogP contribution in [0.25, 0.3) is 21.0 Å². The number of benzene rings is 3. The van der Waals surface area contributed by atoms with Gasteiger partial charge in [-0.05, 0) is 43.1 Å². The molecule has 6 heteroatoms. The lowest BCUT2D eigenvalue weighted by molar-refractivity contribution is 0.0987. The quantitative estimate of drug-likeness (QED) is 0.468. The summed E-state index contributed by atoms with van der Waals surface area (Å²) in [4.78, 5) is 22.3. The number of carbonyl (C=O) groups excluding carboxylic acids is 1. The Morgan fingerprint density at radius 1 is 1.00 bits per heavy atom. The molecule has 0 bridgehead atoms. The highest BCUT2D eigenvalue weighted by Gasteiger charge is 2.23. The van der Waals surface area contributed by atoms with Crippen molar-refractivity contribution in [3.8, 4) is 5.75 Å². The molecule has 0 N–H and O–H groups in total. The first-order valence-corrected chi connectivity index (χ1v) is 10.3. The maximum Gasteiger partial charge on any atom is 0.260 e. The van der Waals surface area contributed by atoms with Crippen molar-refractivity contribution in [2.45, 2.75) is 0 Å². The Balaban J connectivity index is 1.80. The van der Waals surface area contributed by atoms with Gasteiger partial charge in [-0.25, -0.2) is 4.98 Å². The summed E-state index contributed by atoms with van der Waals surface area (Å²) >= 11 is 1.51. The molecule has 4 rings (SSSR count). The Morgan fingerprint density at radius 3 is 2.55 bits per heavy atom. The zero-order chi connectivity index (χ0) is 20.4. The van der Waals surface area contributed by atoms with Gasteiger partial charge in [0.2, 0.25) is 0 Å². The fourth-order valence-electron chi connectivity index (χ4n) is 3.33. The van der Waals surface area contributed by atoms with Crippen LogP contribution in [0.4, 0.5) is 5.13 Å². The first-order chi connectivity index (χ1) is 14.1. The van der Waals surface area contributed by atoms with E-state index in [4.69, 9.17) is 9.72 Å². The van der Waals surface area contributed by atoms with Crippen molar-refractivity contribution in [3.05, 3.63) is 66.2 Å². The first-order valence-electron chi connectivity index (χ1n) is 9.46. The second-order valence-electron chi connectivity index (χ2n) is 7.09. The van der Waals surface area contributed by atoms with Crippen LogP contribution in [-0.4, -0.2) is 50.1 Å². The molecule has 0 radical (unpaired) electrons. The van der Waals surface area contributed by atoms with Crippen LogP contribution < -0.4 is 9.64 Å². The van der Waals surface area contributed by atoms with E-state index in [9.17, 15) is 4.79 Å². The molecule has 0 unspecified atom stereocenters. The Morgan fingerprint density at radius 2 is 1.76 bits per heavy atom. The average molecular weight is 406 g/mol. The summed E-state index contributed by atoms with van der Waals surface area (Å²) < 4.78 is 6.45. The van der Waals surface area contributed by atoms with Gasteiger partial charge in [-0.3, -0.25) is 9.69 Å². The minimum Gasteiger partial charge on any atom is -0.494 e. The number of thiazole rings is 1. The number of likely N-dealkylation sites (N-methyl/N-ethyl adjacent to an activating group) is 1. The third-order valence-electron chi connectivity index (χ3n) is 4.86. The highest BCUT2D eigenvalue weighted by Crippen LogP contribution is 2.35. The third kappa shape index (κ3) is 3.81. The van der Waals surface area contributed by atoms with Crippen LogP contribution in [-0.2, 0) is 0 Å². The summed E-state index contributed by atoms with van der Waals surface area (Å²) in [6.07, 6.45) is 0. The minimum atomic E-state index is -0.0401. The van der Waals surface area contributed by atoms with E-state index in [2.05, 4.69) is 4.90 Å². The zero-order valence-electron chi connectivity index (χ0n) is 16.8. The number of hydrogen-bond donors (Lipinski definition) is 0. The molecule has 29 heavy (non-hydrogen) atoms. The van der Waals surface area contributed by atoms with E-state index in [-0.39, 0.29) is 5.91 Å². The van der Waals surface area contributed by atoms with Gasteiger partial charge in [-0.1, -0.05) is 53.8 Å². The molecule has 4 aromatic rings. The van der Waals surface area contributed by atoms with Crippen molar-refractivity contribution < 1.29 is 9.53 Å². The summed E-state index contributed by atoms with van der Waals surface area (Å²) in [5.74, 6) is 0.678. The maximum atomic E-state index is 13.6. The molecule has 0 saturated heterocycles. The molecule has 0 aliphatic carbocycles. The summed E-state index contributed by atoms with van der Waals surface area (Å²) in [6.45, 7) is 1.29. The Labute approximate surface area is 174 Å². The molecule has 0 aliphatic rings. The Bertz CT molecular complexity index is 1160. The molecule has 0 saturated carbocycles. The number of aromatic nitrogens is 1. The van der Waals surface area contributed by atoms with E-state index < -0.39 is 0 Å². The molecule has 0 atom stereocenters. The Hall–Kier alpha value is -2.96. The van der Waals surface area contributed by atoms with Gasteiger partial charge >= 0.3 is 0 Å². The van der Waals surface area contributed by atoms with Crippen LogP contribution in [0.1, 0.15) is 10.4 Å². The number of nitrogens with zero attached hydrogens (tertiary/aromatic N) is 3. The average Bonchev–Trinajstić information content (AvgIpc) is 3.17. The highest BCUT2D eigenvalue weighted by atomic mass is 32.1. The number of carbonyl (C=O) groups is 1. The topological polar surface area (TPSA) is 45.7 Å². The molecule has 148 valence electrons. The van der Waals surface area contributed by atoms with Crippen LogP contribution in [0.15, 0.2) is 60.7 Å². The van der Waals surface area contributed by atoms with Crippen molar-refractivity contribution in [2.75, 3.05) is 39.2 Å². The fraction of sp³-hybridized carbons (Fsp3) is 0.217. The van der Waals surface area contributed by atoms with Crippen LogP contribution in [0.3, 0.4) is 0 Å². The van der Waals surface area contributed by atoms with Gasteiger partial charge in [-0.15, -0.1) is 0 Å². The lowest BCUT2D eigenvalue weighted by Gasteiger charge is -2.22. The van der Waals surface area contributed by atoms with E-state index in [1.54, 1.807) is 12.0 Å². The maximum absolute atomic E-state index is 13.6. The molecular formula is C23H23N3O2S. The molecule has 0 fully saturated rings. The predicted octanol–water partition coefficient (Wildman–Crippen LogP) is 4.67. The number of ether oxygens (including phenoxy) is 1. The molecule has 5 nitrogen and oxygen atoms in total. The van der Waals surface area contributed by atoms with Gasteiger partial charge in [0, 0.05) is 18.7 Å². The molecule has 3 aromatic carbocycles. The van der Waals surface area contributed by atoms with Gasteiger partial charge < -0.3 is 9.64 Å². The van der Waals surface area contributed by atoms with Crippen molar-refractivity contribution >= 4 is 43.4 Å². The van der Waals surface area contributed by atoms with E-state index in [1.165, 1.54) is 11.3 Å². The second kappa shape index (κ2) is 8.19. The van der Waals surface area contributed by atoms with Crippen LogP contribution in [0.2, 0.25) is 0 Å². The van der Waals surface area contributed by atoms with Crippen LogP contribution in [0.5, 0.6) is 5.75 Å². The van der Waals surface area contributed by atoms with Gasteiger partial charge in [0.05, 0.1) is 11.8 Å². The van der Waals surface area contributed by atoms with E-state index >= 15 is 0 Å². The molecule has 1 aromatic heterocycles. The fourth-order valence-corrected chi connectivity index (χ4v) is 4.34. The van der Waals surface area contributed by atoms with Gasteiger partial charge in [0.1, 0.15) is 11.3 Å². The second-order valence-corrected chi connectivity index (χ2v) is 8.10. The molecule has 0 aliphatic heterocycles. The van der Waals surface area contributed by atoms with Gasteiger partial charge in [0.15, 0.2) is 5.13 Å². The number of hydrogen-bond acceptors (Lipinski definition) is 5. The third-order valence-corrected chi connectivity index (χ3v) is 5.90. The van der Waals surface area contributed by atoms with Crippen molar-refractivity contribution in [1.29, 1.82) is 0 Å². The number of fused-ring (bicyclic) bond motifs is 2. The molecular weight excluding hydrogens is 382 g/mol. The van der Waals surface area contributed by atoms with E-state index in [1.807, 2.05) is 74.8 Å². The number of rotatable bonds is 6. The lowest BCUT2D eigenvalue weighted by atomic mass is 10.0. The van der Waals surface area contributed by atoms with Crippen LogP contribution in [0, 0.1) is 0 Å². The van der Waals surface area contributed by atoms with Gasteiger partial charge in [-0.2, -0.15) is 0 Å². The number of amides is 1. The Kier molecular flexibility index (Phi) is 5.47. The summed E-state index contributed by atoms with van der Waals surface area (Å²) in [5, 5.41) is 2.69. The van der Waals surface area contributed by atoms with E-state index in [0.29, 0.717) is 17.2 Å². The summed E-state index contributed by atoms with van der Waals surface area (Å²) in [5.41, 5.74) is 1.48. The zero-order valence-corrected chi connectivity index (χ0v) is 17.6. The summed E-state index contributed by atoms with van der Waals surface area (Å²) in [6, 6.07) is 19.7. The smallest absolute Gasteiger partial charge is 0.260 e. The van der Waals surface area contributed by atoms with Crippen molar-refractivity contribution in [2.24, 2.45) is 0 Å². The number of anilines is 1. The lowest BCUT2D eigenvalue weighted by Crippen LogP contribution is -2.36. The standard InChI is InChI=1S/C23H23N3O2S/c1-25(2)14-15-26(23-24-21-19(28-3)12-7-13-20(21)29-23)22(27)18-11-6-9-16-8-4-5-10-17(16)18/h4-13H,14-15H2,1-3H3. The SMILES string of the molecule is COc1cccc2sc(N(CCN(C)C)C(=O)c3cccc4ccccc34)nc12. The van der Waals surface area contributed by atoms with Crippen LogP contribution >= 0.6 is 11.3 Å². The molecule has 1 amide bonds. The number of methoxy groups -OCH3 is 1.